The van der Waals surface area contributed by atoms with E-state index in [1.165, 1.54) is 0 Å². The number of nitrogens with zero attached hydrogens (tertiary/aromatic N) is 2. The quantitative estimate of drug-likeness (QED) is 0.653. The highest BCUT2D eigenvalue weighted by Gasteiger charge is 2.02. The largest absolute Gasteiger partial charge is 0.370 e. The number of aromatic nitrogens is 2. The molecule has 0 aliphatic heterocycles. The van der Waals surface area contributed by atoms with E-state index >= 15 is 0 Å². The first-order valence-electron chi connectivity index (χ1n) is 5.28. The van der Waals surface area contributed by atoms with Gasteiger partial charge in [0.1, 0.15) is 18.0 Å². The van der Waals surface area contributed by atoms with Crippen LogP contribution in [0, 0.1) is 0 Å². The molecule has 0 aliphatic carbocycles. The molecule has 0 aromatic carbocycles. The molecule has 84 valence electrons. The molecule has 0 aliphatic rings. The molecule has 1 rings (SSSR count). The van der Waals surface area contributed by atoms with Crippen LogP contribution in [0.3, 0.4) is 0 Å². The van der Waals surface area contributed by atoms with Crippen LogP contribution in [0.5, 0.6) is 0 Å². The van der Waals surface area contributed by atoms with Gasteiger partial charge in [0.2, 0.25) is 0 Å². The molecule has 1 aromatic heterocycles. The van der Waals surface area contributed by atoms with Crippen LogP contribution in [0.15, 0.2) is 12.4 Å². The van der Waals surface area contributed by atoms with Crippen LogP contribution >= 0.6 is 0 Å². The van der Waals surface area contributed by atoms with E-state index in [1.807, 2.05) is 13.0 Å². The first-order chi connectivity index (χ1) is 7.26. The van der Waals surface area contributed by atoms with E-state index < -0.39 is 0 Å². The molecule has 5 heteroatoms. The van der Waals surface area contributed by atoms with Gasteiger partial charge in [0, 0.05) is 18.7 Å². The first-order valence-corrected chi connectivity index (χ1v) is 5.28. The predicted molar refractivity (Wildman–Crippen MR) is 63.0 cm³/mol. The second-order valence-corrected chi connectivity index (χ2v) is 3.44. The van der Waals surface area contributed by atoms with Crippen molar-refractivity contribution in [1.82, 2.24) is 9.97 Å². The topological polar surface area (TPSA) is 75.9 Å². The van der Waals surface area contributed by atoms with Crippen molar-refractivity contribution in [3.63, 3.8) is 0 Å². The predicted octanol–water partition coefficient (Wildman–Crippen LogP) is 1.06. The molecule has 4 N–H and O–H groups in total. The van der Waals surface area contributed by atoms with Crippen LogP contribution in [0.2, 0.25) is 0 Å². The summed E-state index contributed by atoms with van der Waals surface area (Å²) in [6.45, 7) is 5.66. The van der Waals surface area contributed by atoms with E-state index in [9.17, 15) is 0 Å². The van der Waals surface area contributed by atoms with Crippen molar-refractivity contribution in [1.29, 1.82) is 0 Å². The van der Waals surface area contributed by atoms with E-state index in [2.05, 4.69) is 27.5 Å². The maximum absolute atomic E-state index is 5.48. The molecule has 1 atom stereocenters. The van der Waals surface area contributed by atoms with Crippen LogP contribution in [0.4, 0.5) is 11.6 Å². The van der Waals surface area contributed by atoms with E-state index in [-0.39, 0.29) is 0 Å². The van der Waals surface area contributed by atoms with Crippen molar-refractivity contribution in [3.8, 4) is 0 Å². The minimum absolute atomic E-state index is 0.333. The van der Waals surface area contributed by atoms with Crippen molar-refractivity contribution in [2.75, 3.05) is 23.7 Å². The number of hydrogen-bond donors (Lipinski definition) is 3. The number of anilines is 2. The fraction of sp³-hybridized carbons (Fsp3) is 0.600. The van der Waals surface area contributed by atoms with Crippen LogP contribution in [-0.4, -0.2) is 29.1 Å². The van der Waals surface area contributed by atoms with Crippen LogP contribution in [0.25, 0.3) is 0 Å². The first kappa shape index (κ1) is 11.7. The summed E-state index contributed by atoms with van der Waals surface area (Å²) in [6.07, 6.45) is 2.48. The van der Waals surface area contributed by atoms with Crippen molar-refractivity contribution >= 4 is 11.6 Å². The Bertz CT molecular complexity index is 289. The molecule has 0 saturated carbocycles. The van der Waals surface area contributed by atoms with Gasteiger partial charge < -0.3 is 16.4 Å². The Balaban J connectivity index is 2.56. The maximum atomic E-state index is 5.48. The molecule has 0 saturated heterocycles. The summed E-state index contributed by atoms with van der Waals surface area (Å²) in [5, 5.41) is 6.41. The zero-order valence-electron chi connectivity index (χ0n) is 9.33. The Kier molecular flexibility index (Phi) is 4.83. The van der Waals surface area contributed by atoms with Gasteiger partial charge in [-0.1, -0.05) is 0 Å². The van der Waals surface area contributed by atoms with Gasteiger partial charge in [0.25, 0.3) is 0 Å². The standard InChI is InChI=1S/C10H19N5/c1-3-12-9-6-10(14-7-13-9)15-8(2)4-5-11/h6-8H,3-5,11H2,1-2H3,(H2,12,13,14,15). The molecule has 1 heterocycles. The highest BCUT2D eigenvalue weighted by atomic mass is 15.1. The molecular weight excluding hydrogens is 190 g/mol. The van der Waals surface area contributed by atoms with Gasteiger partial charge in [-0.25, -0.2) is 9.97 Å². The molecule has 1 unspecified atom stereocenters. The molecule has 1 aromatic rings. The second-order valence-electron chi connectivity index (χ2n) is 3.44. The average molecular weight is 209 g/mol. The lowest BCUT2D eigenvalue weighted by Gasteiger charge is -2.13. The van der Waals surface area contributed by atoms with Gasteiger partial charge >= 0.3 is 0 Å². The summed E-state index contributed by atoms with van der Waals surface area (Å²) >= 11 is 0. The molecule has 0 spiro atoms. The lowest BCUT2D eigenvalue weighted by Crippen LogP contribution is -2.20. The van der Waals surface area contributed by atoms with Crippen molar-refractivity contribution < 1.29 is 0 Å². The lowest BCUT2D eigenvalue weighted by molar-refractivity contribution is 0.713. The van der Waals surface area contributed by atoms with Gasteiger partial charge in [0.15, 0.2) is 0 Å². The normalized spacial score (nSPS) is 12.2. The highest BCUT2D eigenvalue weighted by molar-refractivity contribution is 5.46. The van der Waals surface area contributed by atoms with Crippen LogP contribution in [-0.2, 0) is 0 Å². The zero-order chi connectivity index (χ0) is 11.1. The third-order valence-electron chi connectivity index (χ3n) is 2.02. The van der Waals surface area contributed by atoms with E-state index in [0.717, 1.165) is 24.6 Å². The second kappa shape index (κ2) is 6.19. The Morgan fingerprint density at radius 3 is 2.80 bits per heavy atom. The minimum Gasteiger partial charge on any atom is -0.370 e. The SMILES string of the molecule is CCNc1cc(NC(C)CCN)ncn1. The van der Waals surface area contributed by atoms with Gasteiger partial charge in [-0.15, -0.1) is 0 Å². The molecule has 15 heavy (non-hydrogen) atoms. The van der Waals surface area contributed by atoms with Crippen LogP contribution in [0.1, 0.15) is 20.3 Å². The van der Waals surface area contributed by atoms with Crippen molar-refractivity contribution in [3.05, 3.63) is 12.4 Å². The summed E-state index contributed by atoms with van der Waals surface area (Å²) in [5.74, 6) is 1.68. The van der Waals surface area contributed by atoms with E-state index in [0.29, 0.717) is 12.6 Å². The number of rotatable bonds is 6. The Labute approximate surface area is 90.5 Å². The zero-order valence-corrected chi connectivity index (χ0v) is 9.33. The number of nitrogens with two attached hydrogens (primary N) is 1. The number of nitrogens with one attached hydrogen (secondary N) is 2. The smallest absolute Gasteiger partial charge is 0.131 e. The summed E-state index contributed by atoms with van der Waals surface area (Å²) in [6, 6.07) is 2.23. The Hall–Kier alpha value is -1.36. The van der Waals surface area contributed by atoms with E-state index in [1.54, 1.807) is 6.33 Å². The molecular formula is C10H19N5. The third-order valence-corrected chi connectivity index (χ3v) is 2.02. The van der Waals surface area contributed by atoms with Crippen LogP contribution < -0.4 is 16.4 Å². The molecule has 0 amide bonds. The average Bonchev–Trinajstić information content (AvgIpc) is 2.19. The summed E-state index contributed by atoms with van der Waals surface area (Å²) in [4.78, 5) is 8.24. The monoisotopic (exact) mass is 209 g/mol. The third kappa shape index (κ3) is 4.12. The van der Waals surface area contributed by atoms with Gasteiger partial charge in [-0.3, -0.25) is 0 Å². The van der Waals surface area contributed by atoms with Gasteiger partial charge in [-0.05, 0) is 26.8 Å². The molecule has 0 fully saturated rings. The fourth-order valence-corrected chi connectivity index (χ4v) is 1.29. The summed E-state index contributed by atoms with van der Waals surface area (Å²) < 4.78 is 0. The molecule has 5 nitrogen and oxygen atoms in total. The van der Waals surface area contributed by atoms with Gasteiger partial charge in [-0.2, -0.15) is 0 Å². The summed E-state index contributed by atoms with van der Waals surface area (Å²) in [7, 11) is 0. The Morgan fingerprint density at radius 2 is 2.13 bits per heavy atom. The van der Waals surface area contributed by atoms with Crippen molar-refractivity contribution in [2.24, 2.45) is 5.73 Å². The molecule has 0 bridgehead atoms. The van der Waals surface area contributed by atoms with Crippen molar-refractivity contribution in [2.45, 2.75) is 26.3 Å². The fourth-order valence-electron chi connectivity index (χ4n) is 1.29. The minimum atomic E-state index is 0.333. The van der Waals surface area contributed by atoms with E-state index in [4.69, 9.17) is 5.73 Å². The lowest BCUT2D eigenvalue weighted by atomic mass is 10.2. The highest BCUT2D eigenvalue weighted by Crippen LogP contribution is 2.09. The molecule has 0 radical (unpaired) electrons. The Morgan fingerprint density at radius 1 is 1.40 bits per heavy atom. The maximum Gasteiger partial charge on any atom is 0.131 e. The summed E-state index contributed by atoms with van der Waals surface area (Å²) in [5.41, 5.74) is 5.48. The number of hydrogen-bond acceptors (Lipinski definition) is 5. The van der Waals surface area contributed by atoms with Gasteiger partial charge in [0.05, 0.1) is 0 Å².